The van der Waals surface area contributed by atoms with E-state index in [1.807, 2.05) is 13.0 Å². The van der Waals surface area contributed by atoms with Crippen molar-refractivity contribution >= 4 is 21.9 Å². The third-order valence-corrected chi connectivity index (χ3v) is 5.43. The van der Waals surface area contributed by atoms with E-state index in [0.717, 1.165) is 11.1 Å². The second kappa shape index (κ2) is 6.77. The lowest BCUT2D eigenvalue weighted by Crippen LogP contribution is -2.42. The Bertz CT molecular complexity index is 914. The average Bonchev–Trinajstić information content (AvgIpc) is 2.59. The molecule has 8 nitrogen and oxygen atoms in total. The Kier molecular flexibility index (Phi) is 4.69. The third kappa shape index (κ3) is 3.94. The maximum absolute atomic E-state index is 12.4. The highest BCUT2D eigenvalue weighted by Crippen LogP contribution is 2.17. The van der Waals surface area contributed by atoms with Crippen LogP contribution in [0.15, 0.2) is 35.4 Å². The second-order valence-corrected chi connectivity index (χ2v) is 7.67. The van der Waals surface area contributed by atoms with E-state index in [-0.39, 0.29) is 23.3 Å². The minimum absolute atomic E-state index is 0.143. The standard InChI is InChI=1S/C16H19N5O3S/c1-11-3-2-4-13(7-11)25(23,24)19-9-15(22)21-6-5-12-8-18-16(17)20-14(12)10-21/h2-4,7-8,19H,5-6,9-10H2,1H3,(H2,17,18,20). The first-order valence-corrected chi connectivity index (χ1v) is 9.28. The number of nitrogens with two attached hydrogens (primary N) is 1. The fourth-order valence-electron chi connectivity index (χ4n) is 2.67. The third-order valence-electron chi connectivity index (χ3n) is 4.03. The van der Waals surface area contributed by atoms with E-state index in [1.54, 1.807) is 23.2 Å². The molecule has 0 saturated heterocycles. The maximum Gasteiger partial charge on any atom is 0.241 e. The zero-order chi connectivity index (χ0) is 18.0. The van der Waals surface area contributed by atoms with Crippen LogP contribution in [0.4, 0.5) is 5.95 Å². The normalized spacial score (nSPS) is 14.2. The van der Waals surface area contributed by atoms with Crippen molar-refractivity contribution in [3.05, 3.63) is 47.3 Å². The molecule has 1 amide bonds. The van der Waals surface area contributed by atoms with Gasteiger partial charge in [0.2, 0.25) is 21.9 Å². The molecule has 1 aromatic carbocycles. The lowest BCUT2D eigenvalue weighted by atomic mass is 10.1. The molecule has 0 aliphatic carbocycles. The smallest absolute Gasteiger partial charge is 0.241 e. The summed E-state index contributed by atoms with van der Waals surface area (Å²) in [5, 5.41) is 0. The topological polar surface area (TPSA) is 118 Å². The van der Waals surface area contributed by atoms with Crippen LogP contribution in [0.5, 0.6) is 0 Å². The summed E-state index contributed by atoms with van der Waals surface area (Å²) < 4.78 is 26.9. The van der Waals surface area contributed by atoms with Gasteiger partial charge in [-0.15, -0.1) is 0 Å². The minimum atomic E-state index is -3.73. The van der Waals surface area contributed by atoms with Gasteiger partial charge in [0, 0.05) is 12.7 Å². The molecule has 3 rings (SSSR count). The van der Waals surface area contributed by atoms with Gasteiger partial charge in [-0.05, 0) is 36.6 Å². The number of anilines is 1. The van der Waals surface area contributed by atoms with Crippen LogP contribution in [-0.4, -0.2) is 42.3 Å². The van der Waals surface area contributed by atoms with Crippen LogP contribution in [0.2, 0.25) is 0 Å². The summed E-state index contributed by atoms with van der Waals surface area (Å²) >= 11 is 0. The summed E-state index contributed by atoms with van der Waals surface area (Å²) in [6.07, 6.45) is 2.28. The largest absolute Gasteiger partial charge is 0.368 e. The molecule has 0 atom stereocenters. The number of fused-ring (bicyclic) bond motifs is 1. The fraction of sp³-hybridized carbons (Fsp3) is 0.312. The van der Waals surface area contributed by atoms with E-state index >= 15 is 0 Å². The summed E-state index contributed by atoms with van der Waals surface area (Å²) in [6, 6.07) is 6.53. The number of aromatic nitrogens is 2. The van der Waals surface area contributed by atoms with Gasteiger partial charge in [0.1, 0.15) is 0 Å². The van der Waals surface area contributed by atoms with Crippen LogP contribution >= 0.6 is 0 Å². The molecular weight excluding hydrogens is 342 g/mol. The van der Waals surface area contributed by atoms with Crippen molar-refractivity contribution in [2.75, 3.05) is 18.8 Å². The van der Waals surface area contributed by atoms with Crippen LogP contribution in [0, 0.1) is 6.92 Å². The first-order chi connectivity index (χ1) is 11.8. The molecule has 0 saturated carbocycles. The van der Waals surface area contributed by atoms with Gasteiger partial charge in [0.05, 0.1) is 23.7 Å². The Balaban J connectivity index is 1.65. The molecule has 1 aliphatic heterocycles. The lowest BCUT2D eigenvalue weighted by molar-refractivity contribution is -0.130. The summed E-state index contributed by atoms with van der Waals surface area (Å²) in [5.41, 5.74) is 8.07. The highest BCUT2D eigenvalue weighted by atomic mass is 32.2. The molecule has 0 spiro atoms. The van der Waals surface area contributed by atoms with E-state index in [9.17, 15) is 13.2 Å². The number of sulfonamides is 1. The molecule has 0 radical (unpaired) electrons. The molecule has 1 aromatic heterocycles. The number of benzene rings is 1. The minimum Gasteiger partial charge on any atom is -0.368 e. The average molecular weight is 361 g/mol. The van der Waals surface area contributed by atoms with E-state index in [2.05, 4.69) is 14.7 Å². The van der Waals surface area contributed by atoms with Gasteiger partial charge in [0.25, 0.3) is 0 Å². The molecule has 132 valence electrons. The van der Waals surface area contributed by atoms with Gasteiger partial charge < -0.3 is 10.6 Å². The fourth-order valence-corrected chi connectivity index (χ4v) is 3.74. The summed E-state index contributed by atoms with van der Waals surface area (Å²) in [6.45, 7) is 2.30. The number of nitrogens with zero attached hydrogens (tertiary/aromatic N) is 3. The van der Waals surface area contributed by atoms with Crippen LogP contribution in [0.25, 0.3) is 0 Å². The van der Waals surface area contributed by atoms with Crippen LogP contribution in [0.3, 0.4) is 0 Å². The number of aryl methyl sites for hydroxylation is 1. The van der Waals surface area contributed by atoms with Crippen molar-refractivity contribution in [1.82, 2.24) is 19.6 Å². The van der Waals surface area contributed by atoms with Crippen molar-refractivity contribution in [1.29, 1.82) is 0 Å². The molecule has 1 aliphatic rings. The number of carbonyl (C=O) groups excluding carboxylic acids is 1. The van der Waals surface area contributed by atoms with E-state index in [0.29, 0.717) is 25.2 Å². The van der Waals surface area contributed by atoms with Crippen molar-refractivity contribution in [3.63, 3.8) is 0 Å². The molecular formula is C16H19N5O3S. The van der Waals surface area contributed by atoms with Crippen LogP contribution in [0.1, 0.15) is 16.8 Å². The first kappa shape index (κ1) is 17.3. The number of hydrogen-bond donors (Lipinski definition) is 2. The molecule has 2 heterocycles. The predicted molar refractivity (Wildman–Crippen MR) is 91.9 cm³/mol. The van der Waals surface area contributed by atoms with E-state index < -0.39 is 10.0 Å². The number of amides is 1. The maximum atomic E-state index is 12.4. The number of carbonyl (C=O) groups is 1. The van der Waals surface area contributed by atoms with Crippen molar-refractivity contribution in [3.8, 4) is 0 Å². The van der Waals surface area contributed by atoms with Gasteiger partial charge >= 0.3 is 0 Å². The van der Waals surface area contributed by atoms with E-state index in [1.165, 1.54) is 6.07 Å². The Hall–Kier alpha value is -2.52. The molecule has 0 fully saturated rings. The highest BCUT2D eigenvalue weighted by Gasteiger charge is 2.24. The summed E-state index contributed by atoms with van der Waals surface area (Å²) in [5.74, 6) is -0.146. The molecule has 0 unspecified atom stereocenters. The SMILES string of the molecule is Cc1cccc(S(=O)(=O)NCC(=O)N2CCc3cnc(N)nc3C2)c1. The zero-order valence-electron chi connectivity index (χ0n) is 13.8. The Morgan fingerprint density at radius 1 is 1.40 bits per heavy atom. The number of nitrogen functional groups attached to an aromatic ring is 1. The molecule has 25 heavy (non-hydrogen) atoms. The molecule has 9 heteroatoms. The quantitative estimate of drug-likeness (QED) is 0.805. The van der Waals surface area contributed by atoms with Gasteiger partial charge in [-0.1, -0.05) is 12.1 Å². The van der Waals surface area contributed by atoms with E-state index in [4.69, 9.17) is 5.73 Å². The lowest BCUT2D eigenvalue weighted by Gasteiger charge is -2.28. The Morgan fingerprint density at radius 2 is 2.20 bits per heavy atom. The predicted octanol–water partition coefficient (Wildman–Crippen LogP) is 0.230. The van der Waals surface area contributed by atoms with Crippen LogP contribution < -0.4 is 10.5 Å². The summed E-state index contributed by atoms with van der Waals surface area (Å²) in [7, 11) is -3.73. The van der Waals surface area contributed by atoms with Gasteiger partial charge in [-0.3, -0.25) is 4.79 Å². The van der Waals surface area contributed by atoms with Gasteiger partial charge in [-0.25, -0.2) is 23.1 Å². The van der Waals surface area contributed by atoms with Crippen molar-refractivity contribution in [2.45, 2.75) is 24.8 Å². The van der Waals surface area contributed by atoms with Gasteiger partial charge in [-0.2, -0.15) is 0 Å². The molecule has 3 N–H and O–H groups in total. The zero-order valence-corrected chi connectivity index (χ0v) is 14.6. The first-order valence-electron chi connectivity index (χ1n) is 7.79. The Labute approximate surface area is 146 Å². The van der Waals surface area contributed by atoms with Crippen molar-refractivity contribution in [2.24, 2.45) is 0 Å². The van der Waals surface area contributed by atoms with Gasteiger partial charge in [0.15, 0.2) is 0 Å². The highest BCUT2D eigenvalue weighted by molar-refractivity contribution is 7.89. The number of rotatable bonds is 4. The monoisotopic (exact) mass is 361 g/mol. The summed E-state index contributed by atoms with van der Waals surface area (Å²) in [4.78, 5) is 22.2. The molecule has 2 aromatic rings. The molecule has 0 bridgehead atoms. The Morgan fingerprint density at radius 3 is 2.96 bits per heavy atom. The number of hydrogen-bond acceptors (Lipinski definition) is 6. The number of nitrogens with one attached hydrogen (secondary N) is 1. The van der Waals surface area contributed by atoms with Crippen LogP contribution in [-0.2, 0) is 27.8 Å². The van der Waals surface area contributed by atoms with Crippen molar-refractivity contribution < 1.29 is 13.2 Å². The second-order valence-electron chi connectivity index (χ2n) is 5.91.